The maximum atomic E-state index is 12.2. The number of nitrogens with zero attached hydrogens (tertiary/aromatic N) is 3. The molecule has 2 heterocycles. The second-order valence-electron chi connectivity index (χ2n) is 4.39. The fourth-order valence-electron chi connectivity index (χ4n) is 2.13. The second kappa shape index (κ2) is 4.68. The van der Waals surface area contributed by atoms with Crippen LogP contribution in [0.15, 0.2) is 41.5 Å². The third-order valence-corrected chi connectivity index (χ3v) is 2.99. The van der Waals surface area contributed by atoms with E-state index in [1.54, 1.807) is 6.33 Å². The SMILES string of the molecule is CCCn1cnc2nc(-c3ccccc3)[nH]c(=O)c21. The average molecular weight is 254 g/mol. The van der Waals surface area contributed by atoms with Gasteiger partial charge in [-0.3, -0.25) is 4.79 Å². The maximum Gasteiger partial charge on any atom is 0.277 e. The van der Waals surface area contributed by atoms with Crippen molar-refractivity contribution >= 4 is 11.2 Å². The summed E-state index contributed by atoms with van der Waals surface area (Å²) in [4.78, 5) is 23.6. The summed E-state index contributed by atoms with van der Waals surface area (Å²) in [5.74, 6) is 0.555. The first-order valence-electron chi connectivity index (χ1n) is 6.30. The van der Waals surface area contributed by atoms with Gasteiger partial charge in [0.15, 0.2) is 11.2 Å². The van der Waals surface area contributed by atoms with Crippen molar-refractivity contribution in [3.05, 3.63) is 47.0 Å². The topological polar surface area (TPSA) is 63.6 Å². The van der Waals surface area contributed by atoms with E-state index in [2.05, 4.69) is 21.9 Å². The fraction of sp³-hybridized carbons (Fsp3) is 0.214. The lowest BCUT2D eigenvalue weighted by Crippen LogP contribution is -2.13. The molecule has 0 spiro atoms. The summed E-state index contributed by atoms with van der Waals surface area (Å²) in [6, 6.07) is 9.57. The predicted molar refractivity (Wildman–Crippen MR) is 73.9 cm³/mol. The number of hydrogen-bond donors (Lipinski definition) is 1. The number of rotatable bonds is 3. The van der Waals surface area contributed by atoms with Crippen LogP contribution in [0.4, 0.5) is 0 Å². The highest BCUT2D eigenvalue weighted by atomic mass is 16.1. The van der Waals surface area contributed by atoms with Gasteiger partial charge < -0.3 is 9.55 Å². The summed E-state index contributed by atoms with van der Waals surface area (Å²) in [7, 11) is 0. The number of fused-ring (bicyclic) bond motifs is 1. The molecule has 0 fully saturated rings. The lowest BCUT2D eigenvalue weighted by Gasteiger charge is -2.02. The largest absolute Gasteiger partial charge is 0.325 e. The molecule has 2 aromatic heterocycles. The third kappa shape index (κ3) is 2.03. The van der Waals surface area contributed by atoms with Crippen LogP contribution < -0.4 is 5.56 Å². The van der Waals surface area contributed by atoms with Crippen molar-refractivity contribution in [3.8, 4) is 11.4 Å². The smallest absolute Gasteiger partial charge is 0.277 e. The van der Waals surface area contributed by atoms with Gasteiger partial charge in [0.05, 0.1) is 6.33 Å². The van der Waals surface area contributed by atoms with Crippen molar-refractivity contribution in [1.29, 1.82) is 0 Å². The van der Waals surface area contributed by atoms with Crippen LogP contribution in [0.2, 0.25) is 0 Å². The summed E-state index contributed by atoms with van der Waals surface area (Å²) < 4.78 is 1.84. The van der Waals surface area contributed by atoms with Crippen molar-refractivity contribution in [3.63, 3.8) is 0 Å². The summed E-state index contributed by atoms with van der Waals surface area (Å²) in [6.45, 7) is 2.83. The fourth-order valence-corrected chi connectivity index (χ4v) is 2.13. The number of aryl methyl sites for hydroxylation is 1. The lowest BCUT2D eigenvalue weighted by atomic mass is 10.2. The van der Waals surface area contributed by atoms with E-state index in [0.29, 0.717) is 17.0 Å². The molecule has 0 bridgehead atoms. The molecule has 1 aromatic carbocycles. The molecule has 0 aliphatic carbocycles. The van der Waals surface area contributed by atoms with Gasteiger partial charge in [-0.25, -0.2) is 9.97 Å². The van der Waals surface area contributed by atoms with Crippen molar-refractivity contribution in [2.24, 2.45) is 0 Å². The van der Waals surface area contributed by atoms with Crippen molar-refractivity contribution in [2.45, 2.75) is 19.9 Å². The normalized spacial score (nSPS) is 11.0. The third-order valence-electron chi connectivity index (χ3n) is 2.99. The molecule has 0 radical (unpaired) electrons. The van der Waals surface area contributed by atoms with Crippen molar-refractivity contribution in [2.75, 3.05) is 0 Å². The quantitative estimate of drug-likeness (QED) is 0.779. The number of aromatic amines is 1. The van der Waals surface area contributed by atoms with E-state index < -0.39 is 0 Å². The Morgan fingerprint density at radius 3 is 2.79 bits per heavy atom. The summed E-state index contributed by atoms with van der Waals surface area (Å²) in [5, 5.41) is 0. The van der Waals surface area contributed by atoms with E-state index in [-0.39, 0.29) is 5.56 Å². The van der Waals surface area contributed by atoms with E-state index in [0.717, 1.165) is 18.5 Å². The van der Waals surface area contributed by atoms with Gasteiger partial charge in [0.1, 0.15) is 5.82 Å². The zero-order chi connectivity index (χ0) is 13.2. The van der Waals surface area contributed by atoms with Crippen LogP contribution in [0, 0.1) is 0 Å². The summed E-state index contributed by atoms with van der Waals surface area (Å²) in [6.07, 6.45) is 2.62. The highest BCUT2D eigenvalue weighted by Gasteiger charge is 2.10. The van der Waals surface area contributed by atoms with Gasteiger partial charge in [0.2, 0.25) is 0 Å². The van der Waals surface area contributed by atoms with E-state index in [9.17, 15) is 4.79 Å². The molecular formula is C14H14N4O. The molecule has 3 rings (SSSR count). The predicted octanol–water partition coefficient (Wildman–Crippen LogP) is 2.20. The monoisotopic (exact) mass is 254 g/mol. The van der Waals surface area contributed by atoms with Crippen LogP contribution in [0.5, 0.6) is 0 Å². The van der Waals surface area contributed by atoms with Gasteiger partial charge >= 0.3 is 0 Å². The maximum absolute atomic E-state index is 12.2. The summed E-state index contributed by atoms with van der Waals surface area (Å²) >= 11 is 0. The highest BCUT2D eigenvalue weighted by Crippen LogP contribution is 2.15. The van der Waals surface area contributed by atoms with Gasteiger partial charge in [-0.2, -0.15) is 0 Å². The van der Waals surface area contributed by atoms with Gasteiger partial charge in [-0.15, -0.1) is 0 Å². The Morgan fingerprint density at radius 1 is 1.26 bits per heavy atom. The molecule has 0 aliphatic heterocycles. The minimum atomic E-state index is -0.144. The Morgan fingerprint density at radius 2 is 2.05 bits per heavy atom. The minimum Gasteiger partial charge on any atom is -0.325 e. The number of aromatic nitrogens is 4. The highest BCUT2D eigenvalue weighted by molar-refractivity contribution is 5.72. The lowest BCUT2D eigenvalue weighted by molar-refractivity contribution is 0.695. The van der Waals surface area contributed by atoms with Crippen LogP contribution in [0.25, 0.3) is 22.6 Å². The number of benzene rings is 1. The Labute approximate surface area is 110 Å². The molecule has 0 amide bonds. The molecular weight excluding hydrogens is 240 g/mol. The average Bonchev–Trinajstić information content (AvgIpc) is 2.84. The van der Waals surface area contributed by atoms with Crippen LogP contribution in [-0.4, -0.2) is 19.5 Å². The first kappa shape index (κ1) is 11.6. The van der Waals surface area contributed by atoms with E-state index in [1.165, 1.54) is 0 Å². The standard InChI is InChI=1S/C14H14N4O/c1-2-8-18-9-15-13-11(18)14(19)17-12(16-13)10-6-4-3-5-7-10/h3-7,9H,2,8H2,1H3,(H,16,17,19). The van der Waals surface area contributed by atoms with E-state index >= 15 is 0 Å². The molecule has 3 aromatic rings. The molecule has 19 heavy (non-hydrogen) atoms. The molecule has 0 saturated carbocycles. The van der Waals surface area contributed by atoms with Gasteiger partial charge in [-0.05, 0) is 6.42 Å². The first-order valence-corrected chi connectivity index (χ1v) is 6.30. The summed E-state index contributed by atoms with van der Waals surface area (Å²) in [5.41, 5.74) is 1.78. The van der Waals surface area contributed by atoms with Crippen molar-refractivity contribution in [1.82, 2.24) is 19.5 Å². The molecule has 96 valence electrons. The van der Waals surface area contributed by atoms with Crippen molar-refractivity contribution < 1.29 is 0 Å². The van der Waals surface area contributed by atoms with E-state index in [4.69, 9.17) is 0 Å². The molecule has 5 heteroatoms. The van der Waals surface area contributed by atoms with Gasteiger partial charge in [-0.1, -0.05) is 37.3 Å². The number of H-pyrrole nitrogens is 1. The second-order valence-corrected chi connectivity index (χ2v) is 4.39. The Hall–Kier alpha value is -2.43. The van der Waals surface area contributed by atoms with E-state index in [1.807, 2.05) is 34.9 Å². The van der Waals surface area contributed by atoms with Crippen LogP contribution in [-0.2, 0) is 6.54 Å². The van der Waals surface area contributed by atoms with Crippen LogP contribution in [0.3, 0.4) is 0 Å². The van der Waals surface area contributed by atoms with Crippen LogP contribution in [0.1, 0.15) is 13.3 Å². The number of hydrogen-bond acceptors (Lipinski definition) is 3. The van der Waals surface area contributed by atoms with Crippen LogP contribution >= 0.6 is 0 Å². The number of nitrogens with one attached hydrogen (secondary N) is 1. The number of imidazole rings is 1. The molecule has 0 unspecified atom stereocenters. The van der Waals surface area contributed by atoms with Gasteiger partial charge in [0, 0.05) is 12.1 Å². The Bertz CT molecular complexity index is 758. The zero-order valence-electron chi connectivity index (χ0n) is 10.6. The molecule has 1 N–H and O–H groups in total. The van der Waals surface area contributed by atoms with Gasteiger partial charge in [0.25, 0.3) is 5.56 Å². The first-order chi connectivity index (χ1) is 9.29. The molecule has 0 atom stereocenters. The Kier molecular flexibility index (Phi) is 2.87. The zero-order valence-corrected chi connectivity index (χ0v) is 10.6. The molecule has 0 saturated heterocycles. The minimum absolute atomic E-state index is 0.144. The molecule has 0 aliphatic rings. The Balaban J connectivity index is 2.19. The molecule has 5 nitrogen and oxygen atoms in total.